The minimum Gasteiger partial charge on any atom is -0.438 e. The summed E-state index contributed by atoms with van der Waals surface area (Å²) in [5.41, 5.74) is 5.24. The summed E-state index contributed by atoms with van der Waals surface area (Å²) < 4.78 is 8.93. The molecule has 0 aliphatic carbocycles. The maximum absolute atomic E-state index is 10.5. The first-order chi connectivity index (χ1) is 5.02. The molecule has 1 unspecified atom stereocenters. The lowest BCUT2D eigenvalue weighted by molar-refractivity contribution is 0.0559. The van der Waals surface area contributed by atoms with Crippen LogP contribution < -0.4 is 5.73 Å². The van der Waals surface area contributed by atoms with Crippen LogP contribution in [0.15, 0.2) is 0 Å². The van der Waals surface area contributed by atoms with Gasteiger partial charge in [0.05, 0.1) is 7.11 Å². The Labute approximate surface area is 66.7 Å². The van der Waals surface area contributed by atoms with E-state index >= 15 is 0 Å². The van der Waals surface area contributed by atoms with Crippen LogP contribution in [0.3, 0.4) is 0 Å². The Morgan fingerprint density at radius 3 is 2.55 bits per heavy atom. The van der Waals surface area contributed by atoms with Crippen molar-refractivity contribution in [2.45, 2.75) is 25.8 Å². The van der Waals surface area contributed by atoms with Crippen molar-refractivity contribution in [1.29, 1.82) is 0 Å². The lowest BCUT2D eigenvalue weighted by Gasteiger charge is -2.21. The summed E-state index contributed by atoms with van der Waals surface area (Å²) in [5.74, 6) is 0. The Kier molecular flexibility index (Phi) is 3.89. The van der Waals surface area contributed by atoms with E-state index in [9.17, 15) is 4.79 Å². The molecule has 0 heterocycles. The van der Waals surface area contributed by atoms with Crippen LogP contribution in [0, 0.1) is 0 Å². The third kappa shape index (κ3) is 4.61. The van der Waals surface area contributed by atoms with E-state index < -0.39 is 11.7 Å². The van der Waals surface area contributed by atoms with E-state index in [-0.39, 0.29) is 6.61 Å². The molecule has 0 aliphatic heterocycles. The van der Waals surface area contributed by atoms with E-state index in [1.54, 1.807) is 0 Å². The van der Waals surface area contributed by atoms with E-state index in [0.717, 1.165) is 6.42 Å². The SMILES string of the molecule is CCC(C)(N)COC(=O)OC. The summed E-state index contributed by atoms with van der Waals surface area (Å²) in [6, 6.07) is 0. The summed E-state index contributed by atoms with van der Waals surface area (Å²) in [7, 11) is 1.27. The van der Waals surface area contributed by atoms with Crippen molar-refractivity contribution < 1.29 is 14.3 Å². The quantitative estimate of drug-likeness (QED) is 0.624. The van der Waals surface area contributed by atoms with Crippen LogP contribution in [0.4, 0.5) is 4.79 Å². The number of carbonyl (C=O) groups is 1. The molecule has 0 saturated heterocycles. The number of hydrogen-bond acceptors (Lipinski definition) is 4. The second-order valence-electron chi connectivity index (χ2n) is 2.75. The van der Waals surface area contributed by atoms with Gasteiger partial charge in [0.2, 0.25) is 0 Å². The van der Waals surface area contributed by atoms with Crippen molar-refractivity contribution in [3.05, 3.63) is 0 Å². The highest BCUT2D eigenvalue weighted by molar-refractivity contribution is 5.59. The van der Waals surface area contributed by atoms with Crippen LogP contribution in [0.25, 0.3) is 0 Å². The molecule has 0 aromatic carbocycles. The molecular weight excluding hydrogens is 146 g/mol. The fraction of sp³-hybridized carbons (Fsp3) is 0.857. The molecule has 4 heteroatoms. The van der Waals surface area contributed by atoms with Crippen LogP contribution in [0.5, 0.6) is 0 Å². The molecule has 0 spiro atoms. The maximum Gasteiger partial charge on any atom is 0.508 e. The average molecular weight is 161 g/mol. The lowest BCUT2D eigenvalue weighted by Crippen LogP contribution is -2.41. The minimum atomic E-state index is -0.685. The molecule has 4 nitrogen and oxygen atoms in total. The van der Waals surface area contributed by atoms with Gasteiger partial charge < -0.3 is 15.2 Å². The Hall–Kier alpha value is -0.770. The Balaban J connectivity index is 3.61. The first-order valence-corrected chi connectivity index (χ1v) is 3.51. The maximum atomic E-state index is 10.5. The largest absolute Gasteiger partial charge is 0.508 e. The van der Waals surface area contributed by atoms with E-state index in [0.29, 0.717) is 0 Å². The molecule has 0 amide bonds. The number of carbonyl (C=O) groups excluding carboxylic acids is 1. The van der Waals surface area contributed by atoms with Gasteiger partial charge in [-0.25, -0.2) is 4.79 Å². The van der Waals surface area contributed by atoms with Gasteiger partial charge in [-0.05, 0) is 13.3 Å². The van der Waals surface area contributed by atoms with Crippen LogP contribution >= 0.6 is 0 Å². The number of ether oxygens (including phenoxy) is 2. The van der Waals surface area contributed by atoms with Gasteiger partial charge >= 0.3 is 6.16 Å². The van der Waals surface area contributed by atoms with Gasteiger partial charge in [0.15, 0.2) is 0 Å². The second kappa shape index (κ2) is 4.18. The first kappa shape index (κ1) is 10.2. The van der Waals surface area contributed by atoms with Gasteiger partial charge in [-0.1, -0.05) is 6.92 Å². The smallest absolute Gasteiger partial charge is 0.438 e. The zero-order chi connectivity index (χ0) is 8.91. The minimum absolute atomic E-state index is 0.191. The third-order valence-corrected chi connectivity index (χ3v) is 1.49. The molecule has 0 bridgehead atoms. The van der Waals surface area contributed by atoms with E-state index in [4.69, 9.17) is 5.73 Å². The average Bonchev–Trinajstić information content (AvgIpc) is 2.00. The monoisotopic (exact) mass is 161 g/mol. The molecule has 0 aromatic heterocycles. The van der Waals surface area contributed by atoms with Crippen molar-refractivity contribution >= 4 is 6.16 Å². The molecule has 0 aromatic rings. The third-order valence-electron chi connectivity index (χ3n) is 1.49. The molecule has 66 valence electrons. The van der Waals surface area contributed by atoms with E-state index in [1.165, 1.54) is 7.11 Å². The van der Waals surface area contributed by atoms with Crippen LogP contribution in [-0.4, -0.2) is 25.4 Å². The van der Waals surface area contributed by atoms with Crippen LogP contribution in [0.1, 0.15) is 20.3 Å². The predicted molar refractivity (Wildman–Crippen MR) is 41.2 cm³/mol. The highest BCUT2D eigenvalue weighted by Crippen LogP contribution is 2.04. The van der Waals surface area contributed by atoms with Crippen molar-refractivity contribution in [2.75, 3.05) is 13.7 Å². The van der Waals surface area contributed by atoms with Gasteiger partial charge in [-0.2, -0.15) is 0 Å². The fourth-order valence-electron chi connectivity index (χ4n) is 0.385. The molecule has 0 fully saturated rings. The Morgan fingerprint density at radius 2 is 2.18 bits per heavy atom. The Morgan fingerprint density at radius 1 is 1.64 bits per heavy atom. The predicted octanol–water partition coefficient (Wildman–Crippen LogP) is 0.897. The van der Waals surface area contributed by atoms with Crippen molar-refractivity contribution in [1.82, 2.24) is 0 Å². The zero-order valence-electron chi connectivity index (χ0n) is 7.22. The summed E-state index contributed by atoms with van der Waals surface area (Å²) in [6.07, 6.45) is 0.0689. The van der Waals surface area contributed by atoms with Gasteiger partial charge in [0.1, 0.15) is 6.61 Å². The lowest BCUT2D eigenvalue weighted by atomic mass is 10.0. The number of hydrogen-bond donors (Lipinski definition) is 1. The molecule has 0 aliphatic rings. The molecule has 11 heavy (non-hydrogen) atoms. The first-order valence-electron chi connectivity index (χ1n) is 3.51. The molecule has 2 N–H and O–H groups in total. The number of rotatable bonds is 3. The summed E-state index contributed by atoms with van der Waals surface area (Å²) in [5, 5.41) is 0. The number of nitrogens with two attached hydrogens (primary N) is 1. The topological polar surface area (TPSA) is 61.5 Å². The number of methoxy groups -OCH3 is 1. The highest BCUT2D eigenvalue weighted by atomic mass is 16.7. The highest BCUT2D eigenvalue weighted by Gasteiger charge is 2.18. The van der Waals surface area contributed by atoms with Gasteiger partial charge in [-0.3, -0.25) is 0 Å². The molecule has 0 radical (unpaired) electrons. The van der Waals surface area contributed by atoms with E-state index in [2.05, 4.69) is 9.47 Å². The summed E-state index contributed by atoms with van der Waals surface area (Å²) in [4.78, 5) is 10.5. The molecule has 0 saturated carbocycles. The zero-order valence-corrected chi connectivity index (χ0v) is 7.22. The van der Waals surface area contributed by atoms with E-state index in [1.807, 2.05) is 13.8 Å². The van der Waals surface area contributed by atoms with Gasteiger partial charge in [0.25, 0.3) is 0 Å². The second-order valence-corrected chi connectivity index (χ2v) is 2.75. The molecule has 0 rings (SSSR count). The summed E-state index contributed by atoms with van der Waals surface area (Å²) >= 11 is 0. The van der Waals surface area contributed by atoms with Crippen LogP contribution in [0.2, 0.25) is 0 Å². The fourth-order valence-corrected chi connectivity index (χ4v) is 0.385. The molecule has 1 atom stereocenters. The van der Waals surface area contributed by atoms with Crippen molar-refractivity contribution in [3.63, 3.8) is 0 Å². The van der Waals surface area contributed by atoms with Gasteiger partial charge in [-0.15, -0.1) is 0 Å². The van der Waals surface area contributed by atoms with Crippen molar-refractivity contribution in [3.8, 4) is 0 Å². The van der Waals surface area contributed by atoms with Gasteiger partial charge in [0, 0.05) is 5.54 Å². The normalized spacial score (nSPS) is 15.3. The summed E-state index contributed by atoms with van der Waals surface area (Å²) in [6.45, 7) is 3.94. The Bertz CT molecular complexity index is 134. The van der Waals surface area contributed by atoms with Crippen LogP contribution in [-0.2, 0) is 9.47 Å². The molecular formula is C7H15NO3. The van der Waals surface area contributed by atoms with Crippen molar-refractivity contribution in [2.24, 2.45) is 5.73 Å². The standard InChI is InChI=1S/C7H15NO3/c1-4-7(2,8)5-11-6(9)10-3/h4-5,8H2,1-3H3.